The molecule has 1 atom stereocenters. The average molecular weight is 262 g/mol. The molecule has 0 fully saturated rings. The van der Waals surface area contributed by atoms with Crippen LogP contribution in [0.5, 0.6) is 5.75 Å². The van der Waals surface area contributed by atoms with Gasteiger partial charge in [-0.25, -0.2) is 0 Å². The summed E-state index contributed by atoms with van der Waals surface area (Å²) in [4.78, 5) is 0. The minimum Gasteiger partial charge on any atom is -0.497 e. The zero-order valence-electron chi connectivity index (χ0n) is 10.5. The van der Waals surface area contributed by atoms with Gasteiger partial charge in [-0.3, -0.25) is 0 Å². The van der Waals surface area contributed by atoms with Gasteiger partial charge in [0.2, 0.25) is 0 Å². The molecule has 0 saturated carbocycles. The van der Waals surface area contributed by atoms with Gasteiger partial charge in [0.15, 0.2) is 0 Å². The van der Waals surface area contributed by atoms with Crippen molar-refractivity contribution < 1.29 is 4.74 Å². The average Bonchev–Trinajstić information content (AvgIpc) is 2.39. The second kappa shape index (κ2) is 5.78. The summed E-state index contributed by atoms with van der Waals surface area (Å²) in [6.07, 6.45) is 0. The SMILES string of the molecule is COc1ccc(C(C)Nc2cccc(Cl)c2)cc1. The van der Waals surface area contributed by atoms with E-state index < -0.39 is 0 Å². The summed E-state index contributed by atoms with van der Waals surface area (Å²) in [5.74, 6) is 0.869. The highest BCUT2D eigenvalue weighted by Crippen LogP contribution is 2.23. The highest BCUT2D eigenvalue weighted by Gasteiger charge is 2.05. The van der Waals surface area contributed by atoms with Crippen LogP contribution in [0.1, 0.15) is 18.5 Å². The van der Waals surface area contributed by atoms with Crippen LogP contribution in [0.25, 0.3) is 0 Å². The predicted octanol–water partition coefficient (Wildman–Crippen LogP) is 4.52. The Labute approximate surface area is 113 Å². The van der Waals surface area contributed by atoms with Crippen LogP contribution < -0.4 is 10.1 Å². The van der Waals surface area contributed by atoms with Crippen LogP contribution in [0.2, 0.25) is 5.02 Å². The number of benzene rings is 2. The molecule has 0 aliphatic heterocycles. The van der Waals surface area contributed by atoms with E-state index in [4.69, 9.17) is 16.3 Å². The van der Waals surface area contributed by atoms with Gasteiger partial charge < -0.3 is 10.1 Å². The normalized spacial score (nSPS) is 11.9. The molecule has 0 saturated heterocycles. The van der Waals surface area contributed by atoms with E-state index in [0.29, 0.717) is 0 Å². The molecule has 1 unspecified atom stereocenters. The molecule has 0 radical (unpaired) electrons. The Bertz CT molecular complexity index is 510. The Balaban J connectivity index is 2.09. The second-order valence-electron chi connectivity index (χ2n) is 4.15. The van der Waals surface area contributed by atoms with Crippen LogP contribution in [0.3, 0.4) is 0 Å². The largest absolute Gasteiger partial charge is 0.497 e. The van der Waals surface area contributed by atoms with Crippen LogP contribution in [0.4, 0.5) is 5.69 Å². The molecule has 18 heavy (non-hydrogen) atoms. The van der Waals surface area contributed by atoms with Gasteiger partial charge in [-0.2, -0.15) is 0 Å². The Hall–Kier alpha value is -1.67. The maximum Gasteiger partial charge on any atom is 0.118 e. The number of nitrogens with one attached hydrogen (secondary N) is 1. The zero-order chi connectivity index (χ0) is 13.0. The van der Waals surface area contributed by atoms with Gasteiger partial charge >= 0.3 is 0 Å². The van der Waals surface area contributed by atoms with Crippen molar-refractivity contribution in [3.8, 4) is 5.75 Å². The van der Waals surface area contributed by atoms with Gasteiger partial charge in [0.25, 0.3) is 0 Å². The summed E-state index contributed by atoms with van der Waals surface area (Å²) >= 11 is 5.96. The fraction of sp³-hybridized carbons (Fsp3) is 0.200. The number of rotatable bonds is 4. The smallest absolute Gasteiger partial charge is 0.118 e. The van der Waals surface area contributed by atoms with Crippen molar-refractivity contribution >= 4 is 17.3 Å². The van der Waals surface area contributed by atoms with Crippen molar-refractivity contribution in [3.05, 3.63) is 59.1 Å². The van der Waals surface area contributed by atoms with Gasteiger partial charge in [-0.15, -0.1) is 0 Å². The topological polar surface area (TPSA) is 21.3 Å². The lowest BCUT2D eigenvalue weighted by molar-refractivity contribution is 0.414. The summed E-state index contributed by atoms with van der Waals surface area (Å²) in [6, 6.07) is 16.0. The molecular formula is C15H16ClNO. The quantitative estimate of drug-likeness (QED) is 0.874. The van der Waals surface area contributed by atoms with Crippen LogP contribution in [0, 0.1) is 0 Å². The van der Waals surface area contributed by atoms with Crippen molar-refractivity contribution in [2.45, 2.75) is 13.0 Å². The third-order valence-electron chi connectivity index (χ3n) is 2.82. The summed E-state index contributed by atoms with van der Waals surface area (Å²) < 4.78 is 5.15. The summed E-state index contributed by atoms with van der Waals surface area (Å²) in [5, 5.41) is 4.15. The summed E-state index contributed by atoms with van der Waals surface area (Å²) in [5.41, 5.74) is 2.22. The van der Waals surface area contributed by atoms with E-state index in [2.05, 4.69) is 24.4 Å². The lowest BCUT2D eigenvalue weighted by atomic mass is 10.1. The molecule has 2 rings (SSSR count). The van der Waals surface area contributed by atoms with Crippen molar-refractivity contribution in [2.75, 3.05) is 12.4 Å². The predicted molar refractivity (Wildman–Crippen MR) is 76.5 cm³/mol. The van der Waals surface area contributed by atoms with Gasteiger partial charge in [0.05, 0.1) is 7.11 Å². The molecular weight excluding hydrogens is 246 g/mol. The number of anilines is 1. The van der Waals surface area contributed by atoms with Crippen molar-refractivity contribution in [1.29, 1.82) is 0 Å². The zero-order valence-corrected chi connectivity index (χ0v) is 11.2. The minimum absolute atomic E-state index is 0.217. The number of methoxy groups -OCH3 is 1. The van der Waals surface area contributed by atoms with E-state index in [-0.39, 0.29) is 6.04 Å². The van der Waals surface area contributed by atoms with Crippen LogP contribution in [0.15, 0.2) is 48.5 Å². The Morgan fingerprint density at radius 3 is 2.44 bits per heavy atom. The fourth-order valence-corrected chi connectivity index (χ4v) is 1.99. The lowest BCUT2D eigenvalue weighted by Crippen LogP contribution is -2.06. The summed E-state index contributed by atoms with van der Waals surface area (Å²) in [6.45, 7) is 2.11. The molecule has 0 aromatic heterocycles. The highest BCUT2D eigenvalue weighted by molar-refractivity contribution is 6.30. The Morgan fingerprint density at radius 2 is 1.83 bits per heavy atom. The third-order valence-corrected chi connectivity index (χ3v) is 3.06. The molecule has 0 aliphatic rings. The third kappa shape index (κ3) is 3.17. The molecule has 0 heterocycles. The molecule has 3 heteroatoms. The fourth-order valence-electron chi connectivity index (χ4n) is 1.80. The molecule has 94 valence electrons. The standard InChI is InChI=1S/C15H16ClNO/c1-11(12-6-8-15(18-2)9-7-12)17-14-5-3-4-13(16)10-14/h3-11,17H,1-2H3. The monoisotopic (exact) mass is 261 g/mol. The van der Waals surface area contributed by atoms with Gasteiger partial charge in [-0.05, 0) is 42.8 Å². The summed E-state index contributed by atoms with van der Waals surface area (Å²) in [7, 11) is 1.67. The molecule has 2 aromatic rings. The van der Waals surface area contributed by atoms with Gasteiger partial charge in [-0.1, -0.05) is 29.8 Å². The van der Waals surface area contributed by atoms with E-state index in [9.17, 15) is 0 Å². The first-order valence-corrected chi connectivity index (χ1v) is 6.23. The van der Waals surface area contributed by atoms with Crippen molar-refractivity contribution in [1.82, 2.24) is 0 Å². The highest BCUT2D eigenvalue weighted by atomic mass is 35.5. The van der Waals surface area contributed by atoms with Crippen LogP contribution in [-0.2, 0) is 0 Å². The second-order valence-corrected chi connectivity index (χ2v) is 4.59. The number of hydrogen-bond acceptors (Lipinski definition) is 2. The number of halogens is 1. The number of ether oxygens (including phenoxy) is 1. The maximum absolute atomic E-state index is 5.96. The minimum atomic E-state index is 0.217. The Morgan fingerprint density at radius 1 is 1.11 bits per heavy atom. The van der Waals surface area contributed by atoms with E-state index in [1.165, 1.54) is 5.56 Å². The van der Waals surface area contributed by atoms with Gasteiger partial charge in [0, 0.05) is 16.8 Å². The molecule has 1 N–H and O–H groups in total. The van der Waals surface area contributed by atoms with E-state index in [1.807, 2.05) is 36.4 Å². The first-order chi connectivity index (χ1) is 8.69. The van der Waals surface area contributed by atoms with E-state index in [0.717, 1.165) is 16.5 Å². The van der Waals surface area contributed by atoms with Crippen molar-refractivity contribution in [3.63, 3.8) is 0 Å². The van der Waals surface area contributed by atoms with Crippen LogP contribution in [-0.4, -0.2) is 7.11 Å². The first kappa shape index (κ1) is 12.8. The molecule has 0 spiro atoms. The van der Waals surface area contributed by atoms with Gasteiger partial charge in [0.1, 0.15) is 5.75 Å². The molecule has 0 aliphatic carbocycles. The number of hydrogen-bond donors (Lipinski definition) is 1. The molecule has 0 bridgehead atoms. The molecule has 0 amide bonds. The molecule has 2 nitrogen and oxygen atoms in total. The van der Waals surface area contributed by atoms with Crippen molar-refractivity contribution in [2.24, 2.45) is 0 Å². The maximum atomic E-state index is 5.96. The molecule has 2 aromatic carbocycles. The Kier molecular flexibility index (Phi) is 4.11. The van der Waals surface area contributed by atoms with Crippen LogP contribution >= 0.6 is 11.6 Å². The first-order valence-electron chi connectivity index (χ1n) is 5.85. The lowest BCUT2D eigenvalue weighted by Gasteiger charge is -2.16. The van der Waals surface area contributed by atoms with E-state index in [1.54, 1.807) is 7.11 Å². The van der Waals surface area contributed by atoms with E-state index >= 15 is 0 Å².